The number of alkyl halides is 3. The van der Waals surface area contributed by atoms with Gasteiger partial charge in [-0.25, -0.2) is 18.9 Å². The number of pyridine rings is 1. The molecule has 5 rings (SSSR count). The SMILES string of the molecule is Cc1cccc(OCC(C)C)c1-n1nc2c(c1-c1ccc(NC(N)=O)cc1Cl)CN(c1ncc(C(F)(F)F)cc1F)CC2. The van der Waals surface area contributed by atoms with Crippen LogP contribution in [0.25, 0.3) is 16.9 Å². The number of ether oxygens (including phenoxy) is 1. The maximum Gasteiger partial charge on any atom is 0.417 e. The number of halogens is 5. The van der Waals surface area contributed by atoms with E-state index >= 15 is 0 Å². The van der Waals surface area contributed by atoms with Crippen LogP contribution in [-0.2, 0) is 19.1 Å². The summed E-state index contributed by atoms with van der Waals surface area (Å²) in [7, 11) is 0. The number of anilines is 2. The van der Waals surface area contributed by atoms with Gasteiger partial charge in [0.05, 0.1) is 28.6 Å². The molecule has 8 nitrogen and oxygen atoms in total. The molecule has 1 aliphatic heterocycles. The van der Waals surface area contributed by atoms with E-state index in [4.69, 9.17) is 27.2 Å². The van der Waals surface area contributed by atoms with Crippen molar-refractivity contribution in [1.29, 1.82) is 0 Å². The van der Waals surface area contributed by atoms with Crippen LogP contribution in [0.2, 0.25) is 5.02 Å². The quantitative estimate of drug-likeness (QED) is 0.215. The van der Waals surface area contributed by atoms with E-state index in [-0.39, 0.29) is 29.8 Å². The highest BCUT2D eigenvalue weighted by Crippen LogP contribution is 2.41. The van der Waals surface area contributed by atoms with Gasteiger partial charge >= 0.3 is 12.2 Å². The number of rotatable bonds is 7. The van der Waals surface area contributed by atoms with Crippen LogP contribution in [-0.4, -0.2) is 33.9 Å². The maximum absolute atomic E-state index is 15.0. The molecule has 0 atom stereocenters. The number of carbonyl (C=O) groups is 1. The lowest BCUT2D eigenvalue weighted by Gasteiger charge is -2.28. The van der Waals surface area contributed by atoms with Gasteiger partial charge in [-0.1, -0.05) is 37.6 Å². The highest BCUT2D eigenvalue weighted by Gasteiger charge is 2.34. The van der Waals surface area contributed by atoms with Gasteiger partial charge in [0.2, 0.25) is 0 Å². The van der Waals surface area contributed by atoms with Crippen LogP contribution in [0.15, 0.2) is 48.7 Å². The first-order valence-corrected chi connectivity index (χ1v) is 13.9. The molecule has 0 unspecified atom stereocenters. The molecule has 0 bridgehead atoms. The topological polar surface area (TPSA) is 98.3 Å². The van der Waals surface area contributed by atoms with Gasteiger partial charge in [0, 0.05) is 42.5 Å². The van der Waals surface area contributed by atoms with Crippen LogP contribution in [0.3, 0.4) is 0 Å². The van der Waals surface area contributed by atoms with Gasteiger partial charge in [0.1, 0.15) is 11.4 Å². The van der Waals surface area contributed by atoms with Crippen molar-refractivity contribution in [1.82, 2.24) is 14.8 Å². The molecule has 0 radical (unpaired) electrons. The number of amides is 2. The third-order valence-corrected chi connectivity index (χ3v) is 7.27. The zero-order valence-electron chi connectivity index (χ0n) is 23.6. The number of para-hydroxylation sites is 1. The molecule has 2 aromatic carbocycles. The monoisotopic (exact) mass is 616 g/mol. The van der Waals surface area contributed by atoms with Crippen LogP contribution in [0.1, 0.15) is 36.2 Å². The molecule has 0 fully saturated rings. The lowest BCUT2D eigenvalue weighted by molar-refractivity contribution is -0.138. The van der Waals surface area contributed by atoms with Crippen molar-refractivity contribution in [2.24, 2.45) is 11.7 Å². The van der Waals surface area contributed by atoms with E-state index in [9.17, 15) is 22.4 Å². The number of aryl methyl sites for hydroxylation is 1. The maximum atomic E-state index is 15.0. The molecule has 0 aliphatic carbocycles. The molecule has 4 aromatic rings. The fourth-order valence-corrected chi connectivity index (χ4v) is 5.28. The minimum Gasteiger partial charge on any atom is -0.491 e. The number of aromatic nitrogens is 3. The zero-order valence-corrected chi connectivity index (χ0v) is 24.4. The van der Waals surface area contributed by atoms with Crippen molar-refractivity contribution in [3.8, 4) is 22.7 Å². The van der Waals surface area contributed by atoms with Crippen molar-refractivity contribution < 1.29 is 27.1 Å². The van der Waals surface area contributed by atoms with Crippen LogP contribution in [0, 0.1) is 18.7 Å². The Balaban J connectivity index is 1.66. The van der Waals surface area contributed by atoms with Crippen molar-refractivity contribution in [3.05, 3.63) is 81.9 Å². The number of nitrogens with two attached hydrogens (primary N) is 1. The molecule has 0 saturated carbocycles. The molecular formula is C30H29ClF4N6O2. The first kappa shape index (κ1) is 30.1. The predicted octanol–water partition coefficient (Wildman–Crippen LogP) is 7.14. The van der Waals surface area contributed by atoms with E-state index in [2.05, 4.69) is 10.3 Å². The van der Waals surface area contributed by atoms with Crippen molar-refractivity contribution in [2.45, 2.75) is 39.9 Å². The second-order valence-electron chi connectivity index (χ2n) is 10.7. The standard InChI is InChI=1S/C30H29ClF4N6O2/c1-16(2)15-43-25-6-4-5-17(3)26(25)41-27(20-8-7-19(12-22(20)31)38-29(36)42)21-14-40(10-9-24(21)39-41)28-23(32)11-18(13-37-28)30(33,34)35/h4-8,11-13,16H,9-10,14-15H2,1-3H3,(H3,36,38,42). The van der Waals surface area contributed by atoms with Crippen molar-refractivity contribution in [3.63, 3.8) is 0 Å². The number of carbonyl (C=O) groups excluding carboxylic acids is 1. The normalized spacial score (nSPS) is 13.3. The first-order valence-electron chi connectivity index (χ1n) is 13.5. The lowest BCUT2D eigenvalue weighted by atomic mass is 10.00. The van der Waals surface area contributed by atoms with Gasteiger partial charge in [-0.3, -0.25) is 0 Å². The summed E-state index contributed by atoms with van der Waals surface area (Å²) in [5.74, 6) is -0.403. The average Bonchev–Trinajstić information content (AvgIpc) is 3.29. The second kappa shape index (κ2) is 11.8. The predicted molar refractivity (Wildman–Crippen MR) is 156 cm³/mol. The molecule has 3 N–H and O–H groups in total. The van der Waals surface area contributed by atoms with E-state index in [0.29, 0.717) is 64.9 Å². The number of urea groups is 1. The summed E-state index contributed by atoms with van der Waals surface area (Å²) in [4.78, 5) is 16.8. The largest absolute Gasteiger partial charge is 0.491 e. The molecule has 0 spiro atoms. The minimum atomic E-state index is -4.72. The van der Waals surface area contributed by atoms with Gasteiger partial charge in [0.25, 0.3) is 0 Å². The summed E-state index contributed by atoms with van der Waals surface area (Å²) in [6.07, 6.45) is -3.72. The van der Waals surface area contributed by atoms with Crippen LogP contribution in [0.5, 0.6) is 5.75 Å². The fourth-order valence-electron chi connectivity index (χ4n) is 5.01. The van der Waals surface area contributed by atoms with Gasteiger partial charge in [-0.15, -0.1) is 0 Å². The highest BCUT2D eigenvalue weighted by molar-refractivity contribution is 6.33. The van der Waals surface area contributed by atoms with E-state index in [1.165, 1.54) is 0 Å². The van der Waals surface area contributed by atoms with Gasteiger partial charge < -0.3 is 20.7 Å². The van der Waals surface area contributed by atoms with E-state index in [1.54, 1.807) is 27.8 Å². The van der Waals surface area contributed by atoms with Crippen LogP contribution in [0.4, 0.5) is 33.9 Å². The summed E-state index contributed by atoms with van der Waals surface area (Å²) < 4.78 is 62.4. The second-order valence-corrected chi connectivity index (χ2v) is 11.1. The molecule has 13 heteroatoms. The Kier molecular flexibility index (Phi) is 8.24. The minimum absolute atomic E-state index is 0.103. The molecule has 226 valence electrons. The van der Waals surface area contributed by atoms with Crippen LogP contribution >= 0.6 is 11.6 Å². The Morgan fingerprint density at radius 1 is 1.21 bits per heavy atom. The molecule has 1 aliphatic rings. The highest BCUT2D eigenvalue weighted by atomic mass is 35.5. The van der Waals surface area contributed by atoms with E-state index < -0.39 is 23.6 Å². The smallest absolute Gasteiger partial charge is 0.417 e. The number of hydrogen-bond donors (Lipinski definition) is 2. The van der Waals surface area contributed by atoms with Crippen molar-refractivity contribution in [2.75, 3.05) is 23.4 Å². The Hall–Kier alpha value is -4.32. The number of hydrogen-bond acceptors (Lipinski definition) is 5. The summed E-state index contributed by atoms with van der Waals surface area (Å²) in [5.41, 5.74) is 8.62. The Labute approximate surface area is 250 Å². The van der Waals surface area contributed by atoms with Crippen molar-refractivity contribution >= 4 is 29.1 Å². The number of fused-ring (bicyclic) bond motifs is 1. The molecule has 0 saturated heterocycles. The summed E-state index contributed by atoms with van der Waals surface area (Å²) in [6, 6.07) is 10.3. The number of nitrogens with zero attached hydrogens (tertiary/aromatic N) is 4. The Morgan fingerprint density at radius 3 is 2.63 bits per heavy atom. The third-order valence-electron chi connectivity index (χ3n) is 6.96. The Morgan fingerprint density at radius 2 is 1.98 bits per heavy atom. The summed E-state index contributed by atoms with van der Waals surface area (Å²) in [5, 5.41) is 7.73. The summed E-state index contributed by atoms with van der Waals surface area (Å²) >= 11 is 6.77. The lowest BCUT2D eigenvalue weighted by Crippen LogP contribution is -2.32. The van der Waals surface area contributed by atoms with Crippen LogP contribution < -0.4 is 20.7 Å². The molecular weight excluding hydrogens is 588 g/mol. The number of benzene rings is 2. The van der Waals surface area contributed by atoms with Gasteiger partial charge in [-0.05, 0) is 48.7 Å². The number of primary amides is 1. The first-order chi connectivity index (χ1) is 20.3. The summed E-state index contributed by atoms with van der Waals surface area (Å²) in [6.45, 7) is 6.85. The van der Waals surface area contributed by atoms with E-state index in [0.717, 1.165) is 5.56 Å². The third kappa shape index (κ3) is 6.24. The molecule has 43 heavy (non-hydrogen) atoms. The average molecular weight is 617 g/mol. The number of nitrogens with one attached hydrogen (secondary N) is 1. The Bertz CT molecular complexity index is 1690. The zero-order chi connectivity index (χ0) is 31.1. The molecule has 2 amide bonds. The van der Waals surface area contributed by atoms with E-state index in [1.807, 2.05) is 39.0 Å². The fraction of sp³-hybridized carbons (Fsp3) is 0.300. The van der Waals surface area contributed by atoms with Gasteiger partial charge in [0.15, 0.2) is 11.6 Å². The van der Waals surface area contributed by atoms with Gasteiger partial charge in [-0.2, -0.15) is 18.3 Å². The molecule has 3 heterocycles. The molecule has 2 aromatic heterocycles.